The van der Waals surface area contributed by atoms with Crippen LogP contribution < -0.4 is 11.1 Å². The van der Waals surface area contributed by atoms with Crippen molar-refractivity contribution in [3.8, 4) is 0 Å². The van der Waals surface area contributed by atoms with Gasteiger partial charge in [-0.3, -0.25) is 9.59 Å². The zero-order chi connectivity index (χ0) is 34.1. The number of amides is 4. The lowest BCUT2D eigenvalue weighted by atomic mass is 9.90. The molecule has 3 aliphatic heterocycles. The van der Waals surface area contributed by atoms with Crippen LogP contribution in [0.15, 0.2) is 36.4 Å². The zero-order valence-electron chi connectivity index (χ0n) is 25.5. The van der Waals surface area contributed by atoms with Gasteiger partial charge in [-0.1, -0.05) is 29.8 Å². The van der Waals surface area contributed by atoms with Crippen molar-refractivity contribution in [1.82, 2.24) is 14.7 Å². The van der Waals surface area contributed by atoms with Crippen LogP contribution in [0.25, 0.3) is 0 Å². The fraction of sp³-hybridized carbons (Fsp3) is 0.531. The van der Waals surface area contributed by atoms with E-state index in [1.807, 2.05) is 24.3 Å². The molecular weight excluding hydrogens is 652 g/mol. The van der Waals surface area contributed by atoms with E-state index >= 15 is 0 Å². The van der Waals surface area contributed by atoms with Gasteiger partial charge in [0.1, 0.15) is 0 Å². The third kappa shape index (κ3) is 8.07. The van der Waals surface area contributed by atoms with Crippen molar-refractivity contribution in [2.24, 2.45) is 11.8 Å². The second-order valence-corrected chi connectivity index (χ2v) is 12.8. The molecule has 0 saturated carbocycles. The number of rotatable bonds is 6. The number of halogens is 7. The molecule has 47 heavy (non-hydrogen) atoms. The predicted molar refractivity (Wildman–Crippen MR) is 164 cm³/mol. The van der Waals surface area contributed by atoms with E-state index in [9.17, 15) is 40.7 Å². The maximum atomic E-state index is 13.7. The highest BCUT2D eigenvalue weighted by Gasteiger charge is 2.43. The number of anilines is 2. The number of hydrogen-bond acceptors (Lipinski definition) is 4. The highest BCUT2D eigenvalue weighted by Crippen LogP contribution is 2.39. The maximum absolute atomic E-state index is 13.7. The monoisotopic (exact) mass is 687 g/mol. The molecule has 256 valence electrons. The van der Waals surface area contributed by atoms with E-state index in [0.717, 1.165) is 17.3 Å². The number of likely N-dealkylation sites (tertiary alicyclic amines) is 2. The van der Waals surface area contributed by atoms with Crippen LogP contribution in [0.5, 0.6) is 0 Å². The summed E-state index contributed by atoms with van der Waals surface area (Å²) in [6.45, 7) is 0.732. The fourth-order valence-electron chi connectivity index (χ4n) is 6.75. The van der Waals surface area contributed by atoms with Crippen molar-refractivity contribution in [2.45, 2.75) is 63.3 Å². The third-order valence-electron chi connectivity index (χ3n) is 9.42. The van der Waals surface area contributed by atoms with E-state index < -0.39 is 47.3 Å². The number of carbonyl (C=O) groups excluding carboxylic acids is 3. The SMILES string of the molecule is Nc1c(Cl)cc(CC(CC(=O)N2CCC(N3CCc4ccccc4NC3=O)CC2)C(=O)N2CCC(C(F)(F)F)CC2)cc1C(F)(F)F. The Kier molecular flexibility index (Phi) is 10.2. The number of carbonyl (C=O) groups is 3. The topological polar surface area (TPSA) is 99.0 Å². The number of fused-ring (bicyclic) bond motifs is 1. The molecule has 3 heterocycles. The van der Waals surface area contributed by atoms with Crippen molar-refractivity contribution in [2.75, 3.05) is 43.8 Å². The van der Waals surface area contributed by atoms with Gasteiger partial charge in [0.15, 0.2) is 0 Å². The molecule has 0 radical (unpaired) electrons. The normalized spacial score (nSPS) is 19.2. The number of nitrogens with one attached hydrogen (secondary N) is 1. The van der Waals surface area contributed by atoms with Crippen molar-refractivity contribution in [3.05, 3.63) is 58.1 Å². The van der Waals surface area contributed by atoms with Gasteiger partial charge in [-0.15, -0.1) is 0 Å². The van der Waals surface area contributed by atoms with Gasteiger partial charge in [0.05, 0.1) is 28.1 Å². The molecule has 15 heteroatoms. The van der Waals surface area contributed by atoms with Gasteiger partial charge < -0.3 is 25.8 Å². The largest absolute Gasteiger partial charge is 0.418 e. The lowest BCUT2D eigenvalue weighted by Gasteiger charge is -2.39. The quantitative estimate of drug-likeness (QED) is 0.272. The Balaban J connectivity index is 1.27. The first kappa shape index (κ1) is 34.6. The van der Waals surface area contributed by atoms with Crippen LogP contribution >= 0.6 is 11.6 Å². The molecule has 2 aromatic rings. The Hall–Kier alpha value is -3.68. The molecule has 1 atom stereocenters. The van der Waals surface area contributed by atoms with Gasteiger partial charge >= 0.3 is 18.4 Å². The van der Waals surface area contributed by atoms with Crippen LogP contribution in [0.4, 0.5) is 42.5 Å². The molecule has 5 rings (SSSR count). The van der Waals surface area contributed by atoms with Crippen molar-refractivity contribution in [1.29, 1.82) is 0 Å². The first-order valence-electron chi connectivity index (χ1n) is 15.6. The number of para-hydroxylation sites is 1. The minimum absolute atomic E-state index is 0.0275. The maximum Gasteiger partial charge on any atom is 0.418 e. The van der Waals surface area contributed by atoms with E-state index in [0.29, 0.717) is 38.9 Å². The number of nitrogens with zero attached hydrogens (tertiary/aromatic N) is 3. The summed E-state index contributed by atoms with van der Waals surface area (Å²) >= 11 is 6.01. The van der Waals surface area contributed by atoms with E-state index in [1.165, 1.54) is 11.0 Å². The fourth-order valence-corrected chi connectivity index (χ4v) is 6.99. The lowest BCUT2D eigenvalue weighted by molar-refractivity contribution is -0.187. The summed E-state index contributed by atoms with van der Waals surface area (Å²) in [5.41, 5.74) is 5.54. The summed E-state index contributed by atoms with van der Waals surface area (Å²) in [5, 5.41) is 2.58. The number of alkyl halides is 6. The Labute approximate surface area is 273 Å². The summed E-state index contributed by atoms with van der Waals surface area (Å²) in [7, 11) is 0. The second-order valence-electron chi connectivity index (χ2n) is 12.4. The number of nitrogens with two attached hydrogens (primary N) is 1. The summed E-state index contributed by atoms with van der Waals surface area (Å²) in [6, 6.07) is 9.21. The summed E-state index contributed by atoms with van der Waals surface area (Å²) < 4.78 is 80.8. The molecular formula is C32H36ClF6N5O3. The number of piperidine rings is 2. The van der Waals surface area contributed by atoms with E-state index in [2.05, 4.69) is 5.32 Å². The van der Waals surface area contributed by atoms with Crippen LogP contribution in [0.2, 0.25) is 5.02 Å². The molecule has 2 fully saturated rings. The number of nitrogen functional groups attached to an aromatic ring is 1. The average molecular weight is 688 g/mol. The highest BCUT2D eigenvalue weighted by atomic mass is 35.5. The van der Waals surface area contributed by atoms with Gasteiger partial charge in [0, 0.05) is 50.9 Å². The van der Waals surface area contributed by atoms with E-state index in [1.54, 1.807) is 9.80 Å². The highest BCUT2D eigenvalue weighted by molar-refractivity contribution is 6.33. The first-order valence-corrected chi connectivity index (χ1v) is 15.9. The summed E-state index contributed by atoms with van der Waals surface area (Å²) in [6.07, 6.45) is -8.83. The molecule has 4 amide bonds. The van der Waals surface area contributed by atoms with Crippen LogP contribution in [-0.4, -0.2) is 77.5 Å². The van der Waals surface area contributed by atoms with Gasteiger partial charge in [-0.05, 0) is 67.9 Å². The first-order chi connectivity index (χ1) is 22.1. The lowest BCUT2D eigenvalue weighted by Crippen LogP contribution is -2.50. The second kappa shape index (κ2) is 13.8. The van der Waals surface area contributed by atoms with Crippen molar-refractivity contribution < 1.29 is 40.7 Å². The third-order valence-corrected chi connectivity index (χ3v) is 9.73. The molecule has 8 nitrogen and oxygen atoms in total. The standard InChI is InChI=1S/C32H36ClF6N5O3/c33-25-17-19(16-24(28(25)40)32(37,38)39)15-21(29(46)43-10-6-22(7-11-43)31(34,35)36)18-27(45)42-12-8-23(9-13-42)44-14-5-20-3-1-2-4-26(20)41-30(44)47/h1-4,16-17,21-23H,5-15,18,40H2,(H,41,47). The van der Waals surface area contributed by atoms with Gasteiger partial charge in [-0.2, -0.15) is 26.3 Å². The number of benzene rings is 2. The zero-order valence-corrected chi connectivity index (χ0v) is 26.2. The molecule has 1 unspecified atom stereocenters. The number of urea groups is 1. The van der Waals surface area contributed by atoms with Gasteiger partial charge in [-0.25, -0.2) is 4.79 Å². The van der Waals surface area contributed by atoms with Crippen LogP contribution in [-0.2, 0) is 28.6 Å². The molecule has 3 N–H and O–H groups in total. The van der Waals surface area contributed by atoms with Crippen LogP contribution in [0, 0.1) is 11.8 Å². The Morgan fingerprint density at radius 2 is 1.57 bits per heavy atom. The molecule has 0 bridgehead atoms. The van der Waals surface area contributed by atoms with Gasteiger partial charge in [0.25, 0.3) is 0 Å². The minimum atomic E-state index is -4.82. The minimum Gasteiger partial charge on any atom is -0.397 e. The predicted octanol–water partition coefficient (Wildman–Crippen LogP) is 6.37. The Bertz CT molecular complexity index is 1490. The Morgan fingerprint density at radius 3 is 2.21 bits per heavy atom. The Morgan fingerprint density at radius 1 is 0.936 bits per heavy atom. The average Bonchev–Trinajstić information content (AvgIpc) is 3.19. The van der Waals surface area contributed by atoms with Gasteiger partial charge in [0.2, 0.25) is 11.8 Å². The van der Waals surface area contributed by atoms with Crippen molar-refractivity contribution >= 4 is 40.8 Å². The van der Waals surface area contributed by atoms with Crippen LogP contribution in [0.3, 0.4) is 0 Å². The summed E-state index contributed by atoms with van der Waals surface area (Å²) in [4.78, 5) is 44.8. The summed E-state index contributed by atoms with van der Waals surface area (Å²) in [5.74, 6) is -3.70. The molecule has 0 spiro atoms. The molecule has 3 aliphatic rings. The van der Waals surface area contributed by atoms with E-state index in [-0.39, 0.29) is 61.4 Å². The molecule has 0 aromatic heterocycles. The molecule has 2 saturated heterocycles. The molecule has 2 aromatic carbocycles. The smallest absolute Gasteiger partial charge is 0.397 e. The number of hydrogen-bond donors (Lipinski definition) is 2. The van der Waals surface area contributed by atoms with Crippen molar-refractivity contribution in [3.63, 3.8) is 0 Å². The van der Waals surface area contributed by atoms with Crippen LogP contribution in [0.1, 0.15) is 48.8 Å². The molecule has 0 aliphatic carbocycles. The van der Waals surface area contributed by atoms with E-state index in [4.69, 9.17) is 17.3 Å².